The third-order valence-corrected chi connectivity index (χ3v) is 3.25. The highest BCUT2D eigenvalue weighted by Crippen LogP contribution is 2.26. The molecule has 98 valence electrons. The number of aromatic nitrogens is 2. The normalized spacial score (nSPS) is 19.1. The summed E-state index contributed by atoms with van der Waals surface area (Å²) in [5, 5.41) is 8.05. The lowest BCUT2D eigenvalue weighted by Gasteiger charge is -2.27. The van der Waals surface area contributed by atoms with Crippen LogP contribution < -0.4 is 10.6 Å². The molecule has 2 rings (SSSR count). The van der Waals surface area contributed by atoms with E-state index in [1.807, 2.05) is 11.0 Å². The van der Waals surface area contributed by atoms with Crippen LogP contribution >= 0.6 is 0 Å². The third kappa shape index (κ3) is 2.28. The zero-order valence-corrected chi connectivity index (χ0v) is 10.8. The van der Waals surface area contributed by atoms with E-state index >= 15 is 0 Å². The molecule has 0 aromatic carbocycles. The van der Waals surface area contributed by atoms with Gasteiger partial charge < -0.3 is 15.5 Å². The first kappa shape index (κ1) is 12.8. The number of carbonyl (C=O) groups is 1. The lowest BCUT2D eigenvalue weighted by atomic mass is 10.2. The van der Waals surface area contributed by atoms with E-state index in [1.165, 1.54) is 0 Å². The van der Waals surface area contributed by atoms with Crippen molar-refractivity contribution in [3.63, 3.8) is 0 Å². The van der Waals surface area contributed by atoms with Crippen LogP contribution in [-0.4, -0.2) is 47.7 Å². The summed E-state index contributed by atoms with van der Waals surface area (Å²) in [6, 6.07) is 1.72. The van der Waals surface area contributed by atoms with E-state index in [0.717, 1.165) is 30.8 Å². The predicted octanol–water partition coefficient (Wildman–Crippen LogP) is -0.00770. The minimum Gasteiger partial charge on any atom is -0.347 e. The van der Waals surface area contributed by atoms with Crippen molar-refractivity contribution in [1.29, 1.82) is 0 Å². The number of rotatable bonds is 3. The van der Waals surface area contributed by atoms with Gasteiger partial charge >= 0.3 is 0 Å². The van der Waals surface area contributed by atoms with Gasteiger partial charge in [-0.1, -0.05) is 0 Å². The van der Waals surface area contributed by atoms with E-state index in [1.54, 1.807) is 25.2 Å². The van der Waals surface area contributed by atoms with Crippen molar-refractivity contribution in [2.45, 2.75) is 25.4 Å². The van der Waals surface area contributed by atoms with Crippen molar-refractivity contribution in [1.82, 2.24) is 15.1 Å². The predicted molar refractivity (Wildman–Crippen MR) is 69.0 cm³/mol. The number of likely N-dealkylation sites (N-methyl/N-ethyl adjacent to an activating group) is 1. The van der Waals surface area contributed by atoms with Crippen molar-refractivity contribution in [2.75, 3.05) is 25.5 Å². The highest BCUT2D eigenvalue weighted by atomic mass is 16.2. The van der Waals surface area contributed by atoms with E-state index in [4.69, 9.17) is 5.73 Å². The van der Waals surface area contributed by atoms with Crippen molar-refractivity contribution < 1.29 is 4.79 Å². The minimum absolute atomic E-state index is 0.112. The Labute approximate surface area is 107 Å². The van der Waals surface area contributed by atoms with Crippen molar-refractivity contribution in [3.8, 4) is 0 Å². The Hall–Kier alpha value is -1.69. The molecule has 0 aliphatic carbocycles. The molecule has 1 saturated heterocycles. The number of nitrogens with two attached hydrogens (primary N) is 1. The van der Waals surface area contributed by atoms with E-state index < -0.39 is 0 Å². The fourth-order valence-corrected chi connectivity index (χ4v) is 2.33. The Balaban J connectivity index is 2.29. The summed E-state index contributed by atoms with van der Waals surface area (Å²) in [5.74, 6) is 0.860. The molecule has 2 N–H and O–H groups in total. The average Bonchev–Trinajstić information content (AvgIpc) is 2.86. The van der Waals surface area contributed by atoms with E-state index in [9.17, 15) is 4.79 Å². The van der Waals surface area contributed by atoms with Crippen LogP contribution in [0.2, 0.25) is 0 Å². The third-order valence-electron chi connectivity index (χ3n) is 3.25. The number of carbonyl (C=O) groups excluding carboxylic acids is 1. The van der Waals surface area contributed by atoms with Gasteiger partial charge in [0.05, 0.1) is 6.20 Å². The van der Waals surface area contributed by atoms with Crippen molar-refractivity contribution >= 4 is 11.7 Å². The molecule has 1 aromatic heterocycles. The minimum atomic E-state index is -0.137. The lowest BCUT2D eigenvalue weighted by Crippen LogP contribution is -2.43. The van der Waals surface area contributed by atoms with Gasteiger partial charge in [-0.3, -0.25) is 4.79 Å². The van der Waals surface area contributed by atoms with Crippen LogP contribution in [0.15, 0.2) is 12.3 Å². The Morgan fingerprint density at radius 2 is 2.39 bits per heavy atom. The van der Waals surface area contributed by atoms with Crippen LogP contribution in [0.3, 0.4) is 0 Å². The van der Waals surface area contributed by atoms with Crippen LogP contribution in [0.5, 0.6) is 0 Å². The first-order valence-electron chi connectivity index (χ1n) is 6.13. The fourth-order valence-electron chi connectivity index (χ4n) is 2.33. The van der Waals surface area contributed by atoms with E-state index in [0.29, 0.717) is 6.54 Å². The Kier molecular flexibility index (Phi) is 3.76. The van der Waals surface area contributed by atoms with Crippen LogP contribution in [0, 0.1) is 0 Å². The van der Waals surface area contributed by atoms with Crippen LogP contribution in [0.1, 0.15) is 18.4 Å². The molecule has 0 bridgehead atoms. The van der Waals surface area contributed by atoms with Gasteiger partial charge in [-0.25, -0.2) is 0 Å². The summed E-state index contributed by atoms with van der Waals surface area (Å²) in [7, 11) is 3.55. The van der Waals surface area contributed by atoms with Gasteiger partial charge in [0.2, 0.25) is 5.91 Å². The van der Waals surface area contributed by atoms with Crippen LogP contribution in [0.25, 0.3) is 0 Å². The summed E-state index contributed by atoms with van der Waals surface area (Å²) >= 11 is 0. The highest BCUT2D eigenvalue weighted by Gasteiger charge is 2.33. The molecule has 1 aliphatic rings. The zero-order chi connectivity index (χ0) is 13.1. The summed E-state index contributed by atoms with van der Waals surface area (Å²) < 4.78 is 0. The van der Waals surface area contributed by atoms with Gasteiger partial charge in [0.15, 0.2) is 5.82 Å². The number of hydrogen-bond donors (Lipinski definition) is 1. The molecule has 18 heavy (non-hydrogen) atoms. The number of anilines is 1. The molecular formula is C12H19N5O. The summed E-state index contributed by atoms with van der Waals surface area (Å²) in [4.78, 5) is 15.8. The van der Waals surface area contributed by atoms with Gasteiger partial charge in [0.1, 0.15) is 6.04 Å². The Morgan fingerprint density at radius 1 is 1.61 bits per heavy atom. The van der Waals surface area contributed by atoms with Crippen LogP contribution in [-0.2, 0) is 11.3 Å². The maximum Gasteiger partial charge on any atom is 0.244 e. The standard InChI is InChI=1S/C12H19N5O/c1-16(2)12(18)10-4-3-7-17(10)11-9(8-13)5-6-14-15-11/h5-6,10H,3-4,7-8,13H2,1-2H3. The first-order chi connectivity index (χ1) is 8.65. The molecule has 2 heterocycles. The molecule has 1 atom stereocenters. The molecule has 0 radical (unpaired) electrons. The molecule has 1 aliphatic heterocycles. The number of nitrogens with zero attached hydrogens (tertiary/aromatic N) is 4. The zero-order valence-electron chi connectivity index (χ0n) is 10.8. The number of amides is 1. The molecule has 1 aromatic rings. The molecule has 1 amide bonds. The molecular weight excluding hydrogens is 230 g/mol. The maximum absolute atomic E-state index is 12.1. The fraction of sp³-hybridized carbons (Fsp3) is 0.583. The molecule has 1 unspecified atom stereocenters. The Bertz CT molecular complexity index is 434. The van der Waals surface area contributed by atoms with E-state index in [-0.39, 0.29) is 11.9 Å². The molecule has 0 spiro atoms. The second kappa shape index (κ2) is 5.30. The van der Waals surface area contributed by atoms with Crippen LogP contribution in [0.4, 0.5) is 5.82 Å². The monoisotopic (exact) mass is 249 g/mol. The lowest BCUT2D eigenvalue weighted by molar-refractivity contribution is -0.129. The second-order valence-corrected chi connectivity index (χ2v) is 4.67. The van der Waals surface area contributed by atoms with E-state index in [2.05, 4.69) is 10.2 Å². The smallest absolute Gasteiger partial charge is 0.244 e. The Morgan fingerprint density at radius 3 is 3.06 bits per heavy atom. The molecule has 6 nitrogen and oxygen atoms in total. The summed E-state index contributed by atoms with van der Waals surface area (Å²) in [6.07, 6.45) is 3.48. The SMILES string of the molecule is CN(C)C(=O)C1CCCN1c1nnccc1CN. The quantitative estimate of drug-likeness (QED) is 0.815. The highest BCUT2D eigenvalue weighted by molar-refractivity contribution is 5.85. The maximum atomic E-state index is 12.1. The van der Waals surface area contributed by atoms with Gasteiger partial charge in [-0.05, 0) is 18.9 Å². The van der Waals surface area contributed by atoms with Gasteiger partial charge in [-0.15, -0.1) is 5.10 Å². The van der Waals surface area contributed by atoms with Crippen molar-refractivity contribution in [3.05, 3.63) is 17.8 Å². The average molecular weight is 249 g/mol. The number of hydrogen-bond acceptors (Lipinski definition) is 5. The molecule has 6 heteroatoms. The van der Waals surface area contributed by atoms with Crippen molar-refractivity contribution in [2.24, 2.45) is 5.73 Å². The first-order valence-corrected chi connectivity index (χ1v) is 6.13. The van der Waals surface area contributed by atoms with Gasteiger partial charge in [0.25, 0.3) is 0 Å². The van der Waals surface area contributed by atoms with Gasteiger partial charge in [0, 0.05) is 32.7 Å². The summed E-state index contributed by atoms with van der Waals surface area (Å²) in [6.45, 7) is 1.24. The second-order valence-electron chi connectivity index (χ2n) is 4.67. The topological polar surface area (TPSA) is 75.4 Å². The van der Waals surface area contributed by atoms with Gasteiger partial charge in [-0.2, -0.15) is 5.10 Å². The molecule has 0 saturated carbocycles. The summed E-state index contributed by atoms with van der Waals surface area (Å²) in [5.41, 5.74) is 6.64. The largest absolute Gasteiger partial charge is 0.347 e. The molecule has 1 fully saturated rings.